The largest absolute Gasteiger partial charge is 0.356 e. The van der Waals surface area contributed by atoms with Crippen molar-refractivity contribution in [2.75, 3.05) is 12.4 Å². The maximum Gasteiger partial charge on any atom is 0.228 e. The molecule has 1 amide bonds. The zero-order valence-electron chi connectivity index (χ0n) is 16.7. The molecule has 4 heterocycles. The Labute approximate surface area is 177 Å². The SMILES string of the molecule is CN(Cc1cccnc1)C(=O)Cc1noc2cc(Nc3n[nH]c4cccnc34)ccc12. The fraction of sp³-hybridized carbons (Fsp3) is 0.136. The molecule has 0 bridgehead atoms. The Morgan fingerprint density at radius 3 is 2.97 bits per heavy atom. The molecule has 0 fully saturated rings. The average molecular weight is 413 g/mol. The number of amides is 1. The summed E-state index contributed by atoms with van der Waals surface area (Å²) in [6.45, 7) is 0.488. The van der Waals surface area contributed by atoms with Crippen LogP contribution in [0.25, 0.3) is 22.0 Å². The van der Waals surface area contributed by atoms with Crippen molar-refractivity contribution >= 4 is 39.4 Å². The number of hydrogen-bond acceptors (Lipinski definition) is 7. The second kappa shape index (κ2) is 7.86. The van der Waals surface area contributed by atoms with Gasteiger partial charge in [-0.1, -0.05) is 11.2 Å². The highest BCUT2D eigenvalue weighted by Crippen LogP contribution is 2.27. The molecule has 0 atom stereocenters. The monoisotopic (exact) mass is 413 g/mol. The molecule has 0 aliphatic rings. The predicted molar refractivity (Wildman–Crippen MR) is 116 cm³/mol. The van der Waals surface area contributed by atoms with Crippen LogP contribution in [0.2, 0.25) is 0 Å². The molecule has 31 heavy (non-hydrogen) atoms. The molecule has 0 radical (unpaired) electrons. The van der Waals surface area contributed by atoms with Crippen LogP contribution in [0.5, 0.6) is 0 Å². The van der Waals surface area contributed by atoms with Gasteiger partial charge in [0.15, 0.2) is 11.4 Å². The van der Waals surface area contributed by atoms with Gasteiger partial charge in [0, 0.05) is 49.3 Å². The van der Waals surface area contributed by atoms with Gasteiger partial charge in [0.2, 0.25) is 5.91 Å². The first kappa shape index (κ1) is 18.7. The first-order valence-corrected chi connectivity index (χ1v) is 9.74. The lowest BCUT2D eigenvalue weighted by molar-refractivity contribution is -0.129. The van der Waals surface area contributed by atoms with E-state index in [9.17, 15) is 4.79 Å². The van der Waals surface area contributed by atoms with Gasteiger partial charge in [0.05, 0.1) is 11.9 Å². The highest BCUT2D eigenvalue weighted by atomic mass is 16.5. The number of benzene rings is 1. The minimum atomic E-state index is -0.0460. The molecule has 5 aromatic rings. The van der Waals surface area contributed by atoms with E-state index in [1.807, 2.05) is 42.5 Å². The second-order valence-corrected chi connectivity index (χ2v) is 7.22. The summed E-state index contributed by atoms with van der Waals surface area (Å²) in [5.41, 5.74) is 4.56. The van der Waals surface area contributed by atoms with E-state index in [0.29, 0.717) is 23.6 Å². The zero-order chi connectivity index (χ0) is 21.2. The van der Waals surface area contributed by atoms with Gasteiger partial charge in [-0.3, -0.25) is 19.9 Å². The van der Waals surface area contributed by atoms with Crippen LogP contribution in [-0.2, 0) is 17.8 Å². The van der Waals surface area contributed by atoms with Crippen molar-refractivity contribution in [3.63, 3.8) is 0 Å². The molecule has 0 unspecified atom stereocenters. The number of rotatable bonds is 6. The quantitative estimate of drug-likeness (QED) is 0.438. The van der Waals surface area contributed by atoms with E-state index in [4.69, 9.17) is 4.52 Å². The maximum absolute atomic E-state index is 12.7. The minimum Gasteiger partial charge on any atom is -0.356 e. The Balaban J connectivity index is 1.31. The third-order valence-corrected chi connectivity index (χ3v) is 5.02. The normalized spacial score (nSPS) is 11.1. The van der Waals surface area contributed by atoms with E-state index in [-0.39, 0.29) is 12.3 Å². The van der Waals surface area contributed by atoms with Crippen molar-refractivity contribution < 1.29 is 9.32 Å². The Morgan fingerprint density at radius 2 is 2.10 bits per heavy atom. The molecule has 0 aliphatic carbocycles. The van der Waals surface area contributed by atoms with Crippen molar-refractivity contribution in [2.45, 2.75) is 13.0 Å². The van der Waals surface area contributed by atoms with Gasteiger partial charge in [0.25, 0.3) is 0 Å². The van der Waals surface area contributed by atoms with Crippen molar-refractivity contribution in [1.29, 1.82) is 0 Å². The molecule has 4 aromatic heterocycles. The third-order valence-electron chi connectivity index (χ3n) is 5.02. The van der Waals surface area contributed by atoms with E-state index in [2.05, 4.69) is 30.6 Å². The highest BCUT2D eigenvalue weighted by molar-refractivity contribution is 5.91. The van der Waals surface area contributed by atoms with Gasteiger partial charge in [-0.25, -0.2) is 0 Å². The topological polar surface area (TPSA) is 113 Å². The molecule has 9 nitrogen and oxygen atoms in total. The van der Waals surface area contributed by atoms with Crippen molar-refractivity contribution in [1.82, 2.24) is 30.2 Å². The Morgan fingerprint density at radius 1 is 1.19 bits per heavy atom. The lowest BCUT2D eigenvalue weighted by Gasteiger charge is -2.16. The number of likely N-dealkylation sites (N-methyl/N-ethyl adjacent to an activating group) is 1. The predicted octanol–water partition coefficient (Wildman–Crippen LogP) is 3.44. The molecule has 154 valence electrons. The zero-order valence-corrected chi connectivity index (χ0v) is 16.7. The average Bonchev–Trinajstić information content (AvgIpc) is 3.38. The minimum absolute atomic E-state index is 0.0460. The number of nitrogens with one attached hydrogen (secondary N) is 2. The number of hydrogen-bond donors (Lipinski definition) is 2. The number of aromatic nitrogens is 5. The molecule has 5 rings (SSSR count). The molecule has 0 spiro atoms. The molecule has 0 saturated heterocycles. The third kappa shape index (κ3) is 3.80. The number of nitrogens with zero attached hydrogens (tertiary/aromatic N) is 5. The van der Waals surface area contributed by atoms with Crippen molar-refractivity contribution in [3.8, 4) is 0 Å². The van der Waals surface area contributed by atoms with Crippen LogP contribution >= 0.6 is 0 Å². The number of H-pyrrole nitrogens is 1. The number of pyridine rings is 2. The first-order chi connectivity index (χ1) is 15.2. The van der Waals surface area contributed by atoms with Crippen LogP contribution in [0, 0.1) is 0 Å². The standard InChI is InChI=1S/C22H19N7O2/c1-29(13-14-4-2-8-23-12-14)20(30)11-18-16-7-6-15(10-19(16)31-28-18)25-22-21-17(26-27-22)5-3-9-24-21/h2-10,12H,11,13H2,1H3,(H2,25,26,27). The van der Waals surface area contributed by atoms with Gasteiger partial charge in [-0.2, -0.15) is 5.10 Å². The van der Waals surface area contributed by atoms with Gasteiger partial charge in [-0.05, 0) is 35.9 Å². The molecular weight excluding hydrogens is 394 g/mol. The van der Waals surface area contributed by atoms with Crippen LogP contribution in [0.4, 0.5) is 11.5 Å². The fourth-order valence-electron chi connectivity index (χ4n) is 3.40. The smallest absolute Gasteiger partial charge is 0.228 e. The van der Waals surface area contributed by atoms with Gasteiger partial charge in [-0.15, -0.1) is 0 Å². The van der Waals surface area contributed by atoms with Crippen LogP contribution in [0.15, 0.2) is 65.6 Å². The lowest BCUT2D eigenvalue weighted by atomic mass is 10.1. The summed E-state index contributed by atoms with van der Waals surface area (Å²) in [6.07, 6.45) is 5.34. The fourth-order valence-corrected chi connectivity index (χ4v) is 3.40. The summed E-state index contributed by atoms with van der Waals surface area (Å²) in [5, 5.41) is 15.4. The lowest BCUT2D eigenvalue weighted by Crippen LogP contribution is -2.27. The van der Waals surface area contributed by atoms with E-state index < -0.39 is 0 Å². The van der Waals surface area contributed by atoms with E-state index in [0.717, 1.165) is 27.7 Å². The van der Waals surface area contributed by atoms with E-state index >= 15 is 0 Å². The molecular formula is C22H19N7O2. The first-order valence-electron chi connectivity index (χ1n) is 9.74. The summed E-state index contributed by atoms with van der Waals surface area (Å²) in [6, 6.07) is 13.2. The van der Waals surface area contributed by atoms with Crippen LogP contribution in [0.3, 0.4) is 0 Å². The number of carbonyl (C=O) groups excluding carboxylic acids is 1. The Hall–Kier alpha value is -4.27. The van der Waals surface area contributed by atoms with Gasteiger partial charge < -0.3 is 14.7 Å². The second-order valence-electron chi connectivity index (χ2n) is 7.22. The molecule has 0 aliphatic heterocycles. The summed E-state index contributed by atoms with van der Waals surface area (Å²) < 4.78 is 5.48. The molecule has 2 N–H and O–H groups in total. The van der Waals surface area contributed by atoms with E-state index in [1.165, 1.54) is 0 Å². The molecule has 0 saturated carbocycles. The number of carbonyl (C=O) groups is 1. The summed E-state index contributed by atoms with van der Waals surface area (Å²) in [4.78, 5) is 22.7. The number of aromatic amines is 1. The molecule has 9 heteroatoms. The highest BCUT2D eigenvalue weighted by Gasteiger charge is 2.17. The van der Waals surface area contributed by atoms with Crippen LogP contribution < -0.4 is 5.32 Å². The van der Waals surface area contributed by atoms with Crippen molar-refractivity contribution in [2.24, 2.45) is 0 Å². The number of fused-ring (bicyclic) bond motifs is 2. The Bertz CT molecular complexity index is 1360. The van der Waals surface area contributed by atoms with Gasteiger partial charge in [0.1, 0.15) is 11.2 Å². The Kier molecular flexibility index (Phi) is 4.75. The van der Waals surface area contributed by atoms with Gasteiger partial charge >= 0.3 is 0 Å². The number of anilines is 2. The maximum atomic E-state index is 12.7. The summed E-state index contributed by atoms with van der Waals surface area (Å²) in [7, 11) is 1.77. The van der Waals surface area contributed by atoms with Crippen LogP contribution in [0.1, 0.15) is 11.3 Å². The summed E-state index contributed by atoms with van der Waals surface area (Å²) in [5.74, 6) is 0.581. The molecule has 1 aromatic carbocycles. The van der Waals surface area contributed by atoms with Crippen molar-refractivity contribution in [3.05, 3.63) is 72.3 Å². The van der Waals surface area contributed by atoms with Crippen LogP contribution in [-0.4, -0.2) is 43.2 Å². The van der Waals surface area contributed by atoms with E-state index in [1.54, 1.807) is 30.5 Å². The summed E-state index contributed by atoms with van der Waals surface area (Å²) >= 11 is 0.